The van der Waals surface area contributed by atoms with E-state index >= 15 is 0 Å². The van der Waals surface area contributed by atoms with E-state index in [1.165, 1.54) is 0 Å². The van der Waals surface area contributed by atoms with Crippen molar-refractivity contribution in [2.75, 3.05) is 10.6 Å². The lowest BCUT2D eigenvalue weighted by molar-refractivity contribution is -0.121. The molecule has 0 spiro atoms. The van der Waals surface area contributed by atoms with Crippen molar-refractivity contribution in [3.05, 3.63) is 52.4 Å². The highest BCUT2D eigenvalue weighted by Crippen LogP contribution is 2.12. The zero-order chi connectivity index (χ0) is 17.8. The summed E-state index contributed by atoms with van der Waals surface area (Å²) in [5, 5.41) is 5.36. The number of hydrogen-bond acceptors (Lipinski definition) is 4. The van der Waals surface area contributed by atoms with Crippen molar-refractivity contribution in [1.82, 2.24) is 15.0 Å². The maximum absolute atomic E-state index is 12.0. The molecule has 2 amide bonds. The molecule has 3 rings (SSSR count). The minimum Gasteiger partial charge on any atom is -0.326 e. The second-order valence-corrected chi connectivity index (χ2v) is 5.64. The maximum atomic E-state index is 12.0. The summed E-state index contributed by atoms with van der Waals surface area (Å²) in [6.45, 7) is 1.94. The first kappa shape index (κ1) is 16.4. The lowest BCUT2D eigenvalue weighted by Crippen LogP contribution is -2.17. The molecule has 0 unspecified atom stereocenters. The van der Waals surface area contributed by atoms with E-state index in [9.17, 15) is 14.4 Å². The number of imidazole rings is 1. The third kappa shape index (κ3) is 4.31. The molecule has 3 aromatic rings. The number of carbonyl (C=O) groups excluding carboxylic acids is 2. The molecule has 8 heteroatoms. The Hall–Kier alpha value is -3.42. The average Bonchev–Trinajstić information content (AvgIpc) is 2.92. The molecule has 0 saturated heterocycles. The van der Waals surface area contributed by atoms with Crippen LogP contribution in [0, 0.1) is 6.92 Å². The number of anilines is 2. The van der Waals surface area contributed by atoms with E-state index in [2.05, 4.69) is 25.6 Å². The number of nitrogens with one attached hydrogen (secondary N) is 4. The lowest BCUT2D eigenvalue weighted by Gasteiger charge is -2.06. The van der Waals surface area contributed by atoms with Gasteiger partial charge in [0.25, 0.3) is 0 Å². The van der Waals surface area contributed by atoms with Crippen molar-refractivity contribution < 1.29 is 9.59 Å². The van der Waals surface area contributed by atoms with E-state index in [4.69, 9.17) is 0 Å². The molecule has 0 fully saturated rings. The van der Waals surface area contributed by atoms with E-state index in [-0.39, 0.29) is 30.3 Å². The fraction of sp³-hybridized carbons (Fsp3) is 0.176. The molecular weight excluding hydrogens is 322 g/mol. The van der Waals surface area contributed by atoms with Gasteiger partial charge in [0, 0.05) is 18.5 Å². The van der Waals surface area contributed by atoms with Gasteiger partial charge in [-0.2, -0.15) is 0 Å². The molecule has 0 aliphatic rings. The molecule has 2 heterocycles. The number of benzene rings is 1. The van der Waals surface area contributed by atoms with Crippen LogP contribution in [0.4, 0.5) is 11.5 Å². The van der Waals surface area contributed by atoms with Crippen LogP contribution in [0.3, 0.4) is 0 Å². The number of amides is 2. The van der Waals surface area contributed by atoms with Crippen molar-refractivity contribution in [3.8, 4) is 0 Å². The molecule has 25 heavy (non-hydrogen) atoms. The van der Waals surface area contributed by atoms with Gasteiger partial charge in [-0.05, 0) is 36.8 Å². The first-order valence-electron chi connectivity index (χ1n) is 7.75. The molecule has 2 aromatic heterocycles. The monoisotopic (exact) mass is 339 g/mol. The molecule has 8 nitrogen and oxygen atoms in total. The first-order chi connectivity index (χ1) is 12.0. The Kier molecular flexibility index (Phi) is 4.60. The van der Waals surface area contributed by atoms with Crippen molar-refractivity contribution >= 4 is 34.5 Å². The molecule has 0 saturated carbocycles. The number of carbonyl (C=O) groups is 2. The number of nitrogens with zero attached hydrogens (tertiary/aromatic N) is 1. The fourth-order valence-corrected chi connectivity index (χ4v) is 2.36. The Morgan fingerprint density at radius 2 is 1.80 bits per heavy atom. The molecule has 128 valence electrons. The summed E-state index contributed by atoms with van der Waals surface area (Å²) in [6, 6.07) is 10.7. The Labute approximate surface area is 142 Å². The Balaban J connectivity index is 1.53. The van der Waals surface area contributed by atoms with Gasteiger partial charge in [-0.15, -0.1) is 0 Å². The number of rotatable bonds is 5. The third-order valence-corrected chi connectivity index (χ3v) is 3.52. The lowest BCUT2D eigenvalue weighted by atomic mass is 10.2. The number of aryl methyl sites for hydroxylation is 1. The van der Waals surface area contributed by atoms with E-state index < -0.39 is 0 Å². The number of aromatic amines is 2. The van der Waals surface area contributed by atoms with E-state index in [0.717, 1.165) is 5.56 Å². The van der Waals surface area contributed by atoms with Gasteiger partial charge in [-0.1, -0.05) is 12.1 Å². The van der Waals surface area contributed by atoms with Crippen molar-refractivity contribution in [2.24, 2.45) is 0 Å². The van der Waals surface area contributed by atoms with Crippen LogP contribution >= 0.6 is 0 Å². The first-order valence-corrected chi connectivity index (χ1v) is 7.75. The number of H-pyrrole nitrogens is 2. The minimum absolute atomic E-state index is 0.0288. The minimum atomic E-state index is -0.362. The molecule has 4 N–H and O–H groups in total. The van der Waals surface area contributed by atoms with Gasteiger partial charge >= 0.3 is 5.69 Å². The SMILES string of the molecule is Cc1cccc(NC(=O)CCC(=O)Nc2ccc3[nH]c(=O)[nH]c3n2)c1. The zero-order valence-corrected chi connectivity index (χ0v) is 13.6. The molecule has 0 bridgehead atoms. The van der Waals surface area contributed by atoms with Gasteiger partial charge < -0.3 is 15.6 Å². The zero-order valence-electron chi connectivity index (χ0n) is 13.6. The van der Waals surface area contributed by atoms with Gasteiger partial charge in [0.15, 0.2) is 5.65 Å². The summed E-state index contributed by atoms with van der Waals surface area (Å²) in [7, 11) is 0. The second-order valence-electron chi connectivity index (χ2n) is 5.64. The highest BCUT2D eigenvalue weighted by atomic mass is 16.2. The molecule has 0 radical (unpaired) electrons. The molecule has 0 atom stereocenters. The smallest absolute Gasteiger partial charge is 0.325 e. The summed E-state index contributed by atoms with van der Waals surface area (Å²) in [5.41, 5.74) is 2.30. The van der Waals surface area contributed by atoms with Crippen molar-refractivity contribution in [1.29, 1.82) is 0 Å². The van der Waals surface area contributed by atoms with E-state index in [1.54, 1.807) is 18.2 Å². The summed E-state index contributed by atoms with van der Waals surface area (Å²) in [5.74, 6) is -0.255. The van der Waals surface area contributed by atoms with Crippen LogP contribution in [0.25, 0.3) is 11.2 Å². The Bertz CT molecular complexity index is 989. The predicted molar refractivity (Wildman–Crippen MR) is 94.4 cm³/mol. The van der Waals surface area contributed by atoms with Gasteiger partial charge in [0.2, 0.25) is 11.8 Å². The predicted octanol–water partition coefficient (Wildman–Crippen LogP) is 1.92. The second kappa shape index (κ2) is 7.00. The summed E-state index contributed by atoms with van der Waals surface area (Å²) in [6.07, 6.45) is 0.0873. The van der Waals surface area contributed by atoms with Crippen LogP contribution in [0.5, 0.6) is 0 Å². The highest BCUT2D eigenvalue weighted by Gasteiger charge is 2.09. The van der Waals surface area contributed by atoms with Crippen LogP contribution in [-0.2, 0) is 9.59 Å². The molecule has 0 aliphatic heterocycles. The quantitative estimate of drug-likeness (QED) is 0.567. The van der Waals surface area contributed by atoms with Crippen LogP contribution in [0.2, 0.25) is 0 Å². The average molecular weight is 339 g/mol. The largest absolute Gasteiger partial charge is 0.326 e. The number of hydrogen-bond donors (Lipinski definition) is 4. The maximum Gasteiger partial charge on any atom is 0.325 e. The topological polar surface area (TPSA) is 120 Å². The molecule has 0 aliphatic carbocycles. The van der Waals surface area contributed by atoms with Crippen molar-refractivity contribution in [3.63, 3.8) is 0 Å². The van der Waals surface area contributed by atoms with Gasteiger partial charge in [-0.3, -0.25) is 14.6 Å². The standard InChI is InChI=1S/C17H17N5O3/c1-10-3-2-4-11(9-10)18-14(23)7-8-15(24)20-13-6-5-12-16(21-13)22-17(25)19-12/h2-6,9H,7-8H2,1H3,(H,18,23)(H3,19,20,21,22,24,25). The Morgan fingerprint density at radius 3 is 2.56 bits per heavy atom. The van der Waals surface area contributed by atoms with Crippen LogP contribution in [0.1, 0.15) is 18.4 Å². The van der Waals surface area contributed by atoms with Crippen LogP contribution in [0.15, 0.2) is 41.2 Å². The van der Waals surface area contributed by atoms with Gasteiger partial charge in [0.1, 0.15) is 5.82 Å². The van der Waals surface area contributed by atoms with E-state index in [1.807, 2.05) is 25.1 Å². The number of aromatic nitrogens is 3. The van der Waals surface area contributed by atoms with E-state index in [0.29, 0.717) is 22.7 Å². The summed E-state index contributed by atoms with van der Waals surface area (Å²) in [4.78, 5) is 44.3. The van der Waals surface area contributed by atoms with Gasteiger partial charge in [0.05, 0.1) is 5.52 Å². The molecule has 1 aromatic carbocycles. The summed E-state index contributed by atoms with van der Waals surface area (Å²) < 4.78 is 0. The fourth-order valence-electron chi connectivity index (χ4n) is 2.36. The Morgan fingerprint density at radius 1 is 1.04 bits per heavy atom. The number of pyridine rings is 1. The van der Waals surface area contributed by atoms with Crippen molar-refractivity contribution in [2.45, 2.75) is 19.8 Å². The van der Waals surface area contributed by atoms with Gasteiger partial charge in [-0.25, -0.2) is 9.78 Å². The molecular formula is C17H17N5O3. The van der Waals surface area contributed by atoms with Crippen LogP contribution in [-0.4, -0.2) is 26.8 Å². The summed E-state index contributed by atoms with van der Waals surface area (Å²) >= 11 is 0. The number of fused-ring (bicyclic) bond motifs is 1. The highest BCUT2D eigenvalue weighted by molar-refractivity contribution is 5.96. The normalized spacial score (nSPS) is 10.6. The third-order valence-electron chi connectivity index (χ3n) is 3.52. The van der Waals surface area contributed by atoms with Crippen LogP contribution < -0.4 is 16.3 Å².